The highest BCUT2D eigenvalue weighted by Crippen LogP contribution is 2.20. The summed E-state index contributed by atoms with van der Waals surface area (Å²) in [7, 11) is 0. The van der Waals surface area contributed by atoms with Crippen LogP contribution in [0.15, 0.2) is 16.6 Å². The van der Waals surface area contributed by atoms with E-state index < -0.39 is 0 Å². The fraction of sp³-hybridized carbons (Fsp3) is 0.643. The van der Waals surface area contributed by atoms with Crippen LogP contribution in [0.1, 0.15) is 31.9 Å². The van der Waals surface area contributed by atoms with Crippen LogP contribution in [0, 0.1) is 6.92 Å². The number of pyridine rings is 1. The van der Waals surface area contributed by atoms with Crippen molar-refractivity contribution in [3.05, 3.63) is 22.3 Å². The van der Waals surface area contributed by atoms with Crippen molar-refractivity contribution < 1.29 is 0 Å². The number of hydrogen-bond donors (Lipinski definition) is 1. The number of halogens is 1. The Balaban J connectivity index is 2.09. The summed E-state index contributed by atoms with van der Waals surface area (Å²) in [5, 5.41) is 3.56. The number of aromatic nitrogens is 1. The first-order chi connectivity index (χ1) is 8.70. The van der Waals surface area contributed by atoms with E-state index in [1.807, 2.05) is 6.92 Å². The Hall–Kier alpha value is -0.610. The topological polar surface area (TPSA) is 28.2 Å². The molecular weight excluding hydrogens is 290 g/mol. The zero-order valence-electron chi connectivity index (χ0n) is 11.2. The molecule has 0 saturated carbocycles. The molecule has 1 fully saturated rings. The second kappa shape index (κ2) is 6.53. The van der Waals surface area contributed by atoms with Gasteiger partial charge in [0.2, 0.25) is 0 Å². The predicted octanol–water partition coefficient (Wildman–Crippen LogP) is 3.12. The first-order valence-corrected chi connectivity index (χ1v) is 7.61. The average Bonchev–Trinajstić information content (AvgIpc) is 2.85. The van der Waals surface area contributed by atoms with Crippen LogP contribution in [-0.4, -0.2) is 30.7 Å². The van der Waals surface area contributed by atoms with Gasteiger partial charge >= 0.3 is 0 Å². The molecule has 0 radical (unpaired) electrons. The molecule has 1 saturated heterocycles. The molecule has 2 rings (SSSR count). The third kappa shape index (κ3) is 3.45. The van der Waals surface area contributed by atoms with E-state index in [0.717, 1.165) is 42.0 Å². The molecule has 1 N–H and O–H groups in total. The van der Waals surface area contributed by atoms with Gasteiger partial charge in [0.15, 0.2) is 0 Å². The lowest BCUT2D eigenvalue weighted by molar-refractivity contribution is 0.575. The van der Waals surface area contributed by atoms with E-state index in [1.54, 1.807) is 0 Å². The van der Waals surface area contributed by atoms with Crippen LogP contribution in [0.5, 0.6) is 0 Å². The molecule has 1 unspecified atom stereocenters. The fourth-order valence-corrected chi connectivity index (χ4v) is 2.68. The zero-order valence-corrected chi connectivity index (χ0v) is 12.8. The van der Waals surface area contributed by atoms with Crippen LogP contribution in [0.2, 0.25) is 0 Å². The molecule has 4 heteroatoms. The second-order valence-corrected chi connectivity index (χ2v) is 5.83. The van der Waals surface area contributed by atoms with Gasteiger partial charge in [-0.25, -0.2) is 4.98 Å². The molecule has 1 aliphatic heterocycles. The highest BCUT2D eigenvalue weighted by atomic mass is 79.9. The Labute approximate surface area is 118 Å². The molecule has 3 nitrogen and oxygen atoms in total. The first kappa shape index (κ1) is 13.8. The smallest absolute Gasteiger partial charge is 0.128 e. The van der Waals surface area contributed by atoms with Crippen molar-refractivity contribution in [2.75, 3.05) is 24.5 Å². The van der Waals surface area contributed by atoms with Gasteiger partial charge in [-0.15, -0.1) is 0 Å². The molecule has 2 heterocycles. The maximum Gasteiger partial charge on any atom is 0.128 e. The van der Waals surface area contributed by atoms with Gasteiger partial charge in [-0.1, -0.05) is 6.92 Å². The van der Waals surface area contributed by atoms with Gasteiger partial charge in [-0.2, -0.15) is 0 Å². The molecule has 0 bridgehead atoms. The molecule has 100 valence electrons. The molecule has 0 aliphatic carbocycles. The van der Waals surface area contributed by atoms with Gasteiger partial charge in [-0.05, 0) is 60.8 Å². The minimum atomic E-state index is 0.627. The number of aryl methyl sites for hydroxylation is 1. The summed E-state index contributed by atoms with van der Waals surface area (Å²) in [5.74, 6) is 1.10. The van der Waals surface area contributed by atoms with Gasteiger partial charge in [0.1, 0.15) is 5.82 Å². The Morgan fingerprint density at radius 3 is 2.94 bits per heavy atom. The van der Waals surface area contributed by atoms with Gasteiger partial charge < -0.3 is 10.2 Å². The standard InChI is InChI=1S/C14H22BrN3/c1-3-9-18(10-12-5-4-8-16-12)14-7-6-13(15)11(2)17-14/h6-7,12,16H,3-5,8-10H2,1-2H3. The largest absolute Gasteiger partial charge is 0.355 e. The van der Waals surface area contributed by atoms with E-state index in [9.17, 15) is 0 Å². The fourth-order valence-electron chi connectivity index (χ4n) is 2.45. The molecule has 1 aromatic heterocycles. The lowest BCUT2D eigenvalue weighted by Crippen LogP contribution is -2.38. The summed E-state index contributed by atoms with van der Waals surface area (Å²) < 4.78 is 1.08. The third-order valence-electron chi connectivity index (χ3n) is 3.43. The van der Waals surface area contributed by atoms with Gasteiger partial charge in [0, 0.05) is 23.6 Å². The van der Waals surface area contributed by atoms with Gasteiger partial charge in [0.25, 0.3) is 0 Å². The predicted molar refractivity (Wildman–Crippen MR) is 80.2 cm³/mol. The van der Waals surface area contributed by atoms with Crippen molar-refractivity contribution in [2.45, 2.75) is 39.2 Å². The molecule has 1 aliphatic rings. The van der Waals surface area contributed by atoms with Crippen LogP contribution >= 0.6 is 15.9 Å². The number of rotatable bonds is 5. The molecular formula is C14H22BrN3. The number of nitrogens with zero attached hydrogens (tertiary/aromatic N) is 2. The molecule has 0 aromatic carbocycles. The Morgan fingerprint density at radius 2 is 2.33 bits per heavy atom. The summed E-state index contributed by atoms with van der Waals surface area (Å²) in [6, 6.07) is 4.84. The lowest BCUT2D eigenvalue weighted by Gasteiger charge is -2.27. The SMILES string of the molecule is CCCN(CC1CCCN1)c1ccc(Br)c(C)n1. The quantitative estimate of drug-likeness (QED) is 0.905. The normalized spacial score (nSPS) is 19.2. The summed E-state index contributed by atoms with van der Waals surface area (Å²) in [6.45, 7) is 7.58. The van der Waals surface area contributed by atoms with Crippen molar-refractivity contribution in [1.82, 2.24) is 10.3 Å². The van der Waals surface area contributed by atoms with Crippen LogP contribution in [0.4, 0.5) is 5.82 Å². The Bertz CT molecular complexity index is 389. The first-order valence-electron chi connectivity index (χ1n) is 6.82. The number of anilines is 1. The maximum absolute atomic E-state index is 4.68. The van der Waals surface area contributed by atoms with Crippen molar-refractivity contribution in [3.63, 3.8) is 0 Å². The summed E-state index contributed by atoms with van der Waals surface area (Å²) >= 11 is 3.51. The lowest BCUT2D eigenvalue weighted by atomic mass is 10.2. The Kier molecular flexibility index (Phi) is 5.01. The average molecular weight is 312 g/mol. The van der Waals surface area contributed by atoms with Crippen molar-refractivity contribution in [1.29, 1.82) is 0 Å². The van der Waals surface area contributed by atoms with Crippen molar-refractivity contribution in [2.24, 2.45) is 0 Å². The molecule has 1 aromatic rings. The second-order valence-electron chi connectivity index (χ2n) is 4.98. The monoisotopic (exact) mass is 311 g/mol. The maximum atomic E-state index is 4.68. The summed E-state index contributed by atoms with van der Waals surface area (Å²) in [4.78, 5) is 7.09. The van der Waals surface area contributed by atoms with E-state index >= 15 is 0 Å². The van der Waals surface area contributed by atoms with Crippen LogP contribution in [0.25, 0.3) is 0 Å². The number of nitrogens with one attached hydrogen (secondary N) is 1. The van der Waals surface area contributed by atoms with E-state index in [1.165, 1.54) is 12.8 Å². The molecule has 1 atom stereocenters. The molecule has 18 heavy (non-hydrogen) atoms. The van der Waals surface area contributed by atoms with E-state index in [0.29, 0.717) is 6.04 Å². The van der Waals surface area contributed by atoms with Crippen LogP contribution in [-0.2, 0) is 0 Å². The minimum absolute atomic E-state index is 0.627. The minimum Gasteiger partial charge on any atom is -0.355 e. The third-order valence-corrected chi connectivity index (χ3v) is 4.27. The zero-order chi connectivity index (χ0) is 13.0. The van der Waals surface area contributed by atoms with E-state index in [-0.39, 0.29) is 0 Å². The van der Waals surface area contributed by atoms with Crippen molar-refractivity contribution in [3.8, 4) is 0 Å². The highest BCUT2D eigenvalue weighted by molar-refractivity contribution is 9.10. The van der Waals surface area contributed by atoms with Crippen LogP contribution < -0.4 is 10.2 Å². The molecule has 0 spiro atoms. The summed E-state index contributed by atoms with van der Waals surface area (Å²) in [5.41, 5.74) is 1.06. The summed E-state index contributed by atoms with van der Waals surface area (Å²) in [6.07, 6.45) is 3.75. The van der Waals surface area contributed by atoms with E-state index in [4.69, 9.17) is 0 Å². The van der Waals surface area contributed by atoms with Crippen molar-refractivity contribution >= 4 is 21.7 Å². The van der Waals surface area contributed by atoms with Crippen LogP contribution in [0.3, 0.4) is 0 Å². The number of hydrogen-bond acceptors (Lipinski definition) is 3. The van der Waals surface area contributed by atoms with Gasteiger partial charge in [-0.3, -0.25) is 0 Å². The highest BCUT2D eigenvalue weighted by Gasteiger charge is 2.18. The Morgan fingerprint density at radius 1 is 1.50 bits per heavy atom. The van der Waals surface area contributed by atoms with E-state index in [2.05, 4.69) is 50.2 Å². The van der Waals surface area contributed by atoms with Gasteiger partial charge in [0.05, 0.1) is 5.69 Å². The molecule has 0 amide bonds.